The van der Waals surface area contributed by atoms with Crippen molar-refractivity contribution in [2.45, 2.75) is 46.2 Å². The summed E-state index contributed by atoms with van der Waals surface area (Å²) in [5.74, 6) is -0.231. The first-order valence-electron chi connectivity index (χ1n) is 7.28. The van der Waals surface area contributed by atoms with E-state index < -0.39 is 0 Å². The van der Waals surface area contributed by atoms with E-state index in [1.54, 1.807) is 12.1 Å². The zero-order valence-corrected chi connectivity index (χ0v) is 13.5. The van der Waals surface area contributed by atoms with Crippen molar-refractivity contribution < 1.29 is 4.39 Å². The molecule has 1 aliphatic rings. The zero-order valence-electron chi connectivity index (χ0n) is 12.7. The molecule has 1 saturated heterocycles. The van der Waals surface area contributed by atoms with E-state index in [1.807, 2.05) is 0 Å². The Bertz CT molecular complexity index is 450. The maximum atomic E-state index is 14.2. The van der Waals surface area contributed by atoms with E-state index in [9.17, 15) is 4.39 Å². The predicted octanol–water partition coefficient (Wildman–Crippen LogP) is 4.08. The second-order valence-corrected chi connectivity index (χ2v) is 7.02. The van der Waals surface area contributed by atoms with Crippen LogP contribution in [0.4, 0.5) is 10.1 Å². The number of piperazine rings is 1. The van der Waals surface area contributed by atoms with Crippen LogP contribution in [0.2, 0.25) is 5.02 Å². The number of para-hydroxylation sites is 1. The highest BCUT2D eigenvalue weighted by Gasteiger charge is 2.35. The maximum absolute atomic E-state index is 14.2. The molecule has 0 amide bonds. The van der Waals surface area contributed by atoms with Crippen LogP contribution in [0.15, 0.2) is 18.2 Å². The SMILES string of the molecule is CCC1CNC(C(C)(C)C)CN1c1c(F)cccc1Cl. The molecule has 2 nitrogen and oxygen atoms in total. The third-order valence-corrected chi connectivity index (χ3v) is 4.47. The second kappa shape index (κ2) is 5.90. The van der Waals surface area contributed by atoms with Crippen LogP contribution in [-0.2, 0) is 0 Å². The van der Waals surface area contributed by atoms with Gasteiger partial charge in [-0.2, -0.15) is 0 Å². The molecule has 4 heteroatoms. The summed E-state index contributed by atoms with van der Waals surface area (Å²) < 4.78 is 14.2. The highest BCUT2D eigenvalue weighted by Crippen LogP contribution is 2.34. The number of hydrogen-bond donors (Lipinski definition) is 1. The molecule has 1 fully saturated rings. The summed E-state index contributed by atoms with van der Waals surface area (Å²) in [6, 6.07) is 5.51. The Morgan fingerprint density at radius 3 is 2.65 bits per heavy atom. The van der Waals surface area contributed by atoms with Gasteiger partial charge in [0.2, 0.25) is 0 Å². The molecule has 0 saturated carbocycles. The normalized spacial score (nSPS) is 24.0. The molecule has 112 valence electrons. The smallest absolute Gasteiger partial charge is 0.148 e. The van der Waals surface area contributed by atoms with Gasteiger partial charge in [-0.3, -0.25) is 0 Å². The molecule has 2 rings (SSSR count). The predicted molar refractivity (Wildman–Crippen MR) is 84.1 cm³/mol. The van der Waals surface area contributed by atoms with Crippen molar-refractivity contribution in [2.75, 3.05) is 18.0 Å². The Morgan fingerprint density at radius 2 is 2.10 bits per heavy atom. The topological polar surface area (TPSA) is 15.3 Å². The monoisotopic (exact) mass is 298 g/mol. The number of benzene rings is 1. The summed E-state index contributed by atoms with van der Waals surface area (Å²) in [4.78, 5) is 2.14. The molecule has 2 atom stereocenters. The maximum Gasteiger partial charge on any atom is 0.148 e. The number of nitrogens with zero attached hydrogens (tertiary/aromatic N) is 1. The lowest BCUT2D eigenvalue weighted by atomic mass is 9.84. The Kier molecular flexibility index (Phi) is 4.60. The molecule has 0 radical (unpaired) electrons. The third kappa shape index (κ3) is 3.09. The molecular formula is C16H24ClFN2. The van der Waals surface area contributed by atoms with Crippen LogP contribution in [0.1, 0.15) is 34.1 Å². The summed E-state index contributed by atoms with van der Waals surface area (Å²) in [5, 5.41) is 4.09. The van der Waals surface area contributed by atoms with E-state index in [-0.39, 0.29) is 17.3 Å². The number of rotatable bonds is 2. The molecule has 1 aromatic rings. The van der Waals surface area contributed by atoms with Gasteiger partial charge < -0.3 is 10.2 Å². The van der Waals surface area contributed by atoms with Crippen molar-refractivity contribution in [1.82, 2.24) is 5.32 Å². The van der Waals surface area contributed by atoms with Crippen LogP contribution < -0.4 is 10.2 Å². The van der Waals surface area contributed by atoms with E-state index in [0.717, 1.165) is 19.5 Å². The first-order chi connectivity index (χ1) is 9.34. The summed E-state index contributed by atoms with van der Waals surface area (Å²) in [6.45, 7) is 10.4. The minimum absolute atomic E-state index is 0.134. The fraction of sp³-hybridized carbons (Fsp3) is 0.625. The van der Waals surface area contributed by atoms with Gasteiger partial charge in [-0.1, -0.05) is 45.4 Å². The Hall–Kier alpha value is -0.800. The lowest BCUT2D eigenvalue weighted by Crippen LogP contribution is -2.60. The van der Waals surface area contributed by atoms with Gasteiger partial charge in [-0.05, 0) is 24.0 Å². The lowest BCUT2D eigenvalue weighted by Gasteiger charge is -2.46. The van der Waals surface area contributed by atoms with Crippen LogP contribution in [0.25, 0.3) is 0 Å². The van der Waals surface area contributed by atoms with Crippen LogP contribution >= 0.6 is 11.6 Å². The Labute approximate surface area is 126 Å². The second-order valence-electron chi connectivity index (χ2n) is 6.61. The third-order valence-electron chi connectivity index (χ3n) is 4.16. The molecule has 0 aliphatic carbocycles. The fourth-order valence-electron chi connectivity index (χ4n) is 2.78. The van der Waals surface area contributed by atoms with Gasteiger partial charge in [0, 0.05) is 25.2 Å². The first kappa shape index (κ1) is 15.6. The van der Waals surface area contributed by atoms with Gasteiger partial charge in [-0.15, -0.1) is 0 Å². The van der Waals surface area contributed by atoms with Crippen LogP contribution in [0.5, 0.6) is 0 Å². The highest BCUT2D eigenvalue weighted by atomic mass is 35.5. The van der Waals surface area contributed by atoms with Crippen molar-refractivity contribution in [1.29, 1.82) is 0 Å². The molecule has 1 N–H and O–H groups in total. The fourth-order valence-corrected chi connectivity index (χ4v) is 3.05. The van der Waals surface area contributed by atoms with Gasteiger partial charge in [0.05, 0.1) is 10.7 Å². The summed E-state index contributed by atoms with van der Waals surface area (Å²) in [6.07, 6.45) is 0.967. The van der Waals surface area contributed by atoms with Crippen molar-refractivity contribution in [3.63, 3.8) is 0 Å². The van der Waals surface area contributed by atoms with Gasteiger partial charge in [0.25, 0.3) is 0 Å². The number of hydrogen-bond acceptors (Lipinski definition) is 2. The molecule has 20 heavy (non-hydrogen) atoms. The lowest BCUT2D eigenvalue weighted by molar-refractivity contribution is 0.233. The molecule has 0 aromatic heterocycles. The number of halogens is 2. The highest BCUT2D eigenvalue weighted by molar-refractivity contribution is 6.33. The minimum atomic E-state index is -0.231. The van der Waals surface area contributed by atoms with Crippen molar-refractivity contribution in [3.8, 4) is 0 Å². The van der Waals surface area contributed by atoms with Crippen LogP contribution in [0, 0.1) is 11.2 Å². The number of anilines is 1. The van der Waals surface area contributed by atoms with Crippen LogP contribution in [0.3, 0.4) is 0 Å². The molecular weight excluding hydrogens is 275 g/mol. The quantitative estimate of drug-likeness (QED) is 0.885. The molecule has 1 aromatic carbocycles. The molecule has 2 unspecified atom stereocenters. The van der Waals surface area contributed by atoms with Gasteiger partial charge in [-0.25, -0.2) is 4.39 Å². The molecule has 1 heterocycles. The van der Waals surface area contributed by atoms with E-state index in [4.69, 9.17) is 11.6 Å². The van der Waals surface area contributed by atoms with Crippen molar-refractivity contribution in [3.05, 3.63) is 29.0 Å². The largest absolute Gasteiger partial charge is 0.362 e. The van der Waals surface area contributed by atoms with E-state index in [0.29, 0.717) is 16.8 Å². The van der Waals surface area contributed by atoms with Crippen molar-refractivity contribution in [2.24, 2.45) is 5.41 Å². The molecule has 1 aliphatic heterocycles. The van der Waals surface area contributed by atoms with Crippen molar-refractivity contribution >= 4 is 17.3 Å². The summed E-state index contributed by atoms with van der Waals surface area (Å²) >= 11 is 6.25. The van der Waals surface area contributed by atoms with E-state index in [2.05, 4.69) is 37.9 Å². The van der Waals surface area contributed by atoms with E-state index in [1.165, 1.54) is 6.07 Å². The van der Waals surface area contributed by atoms with Crippen LogP contribution in [-0.4, -0.2) is 25.2 Å². The average Bonchev–Trinajstić information content (AvgIpc) is 2.37. The average molecular weight is 299 g/mol. The minimum Gasteiger partial charge on any atom is -0.362 e. The Morgan fingerprint density at radius 1 is 1.40 bits per heavy atom. The Balaban J connectivity index is 2.35. The van der Waals surface area contributed by atoms with Gasteiger partial charge in [0.15, 0.2) is 0 Å². The summed E-state index contributed by atoms with van der Waals surface area (Å²) in [5.41, 5.74) is 0.686. The van der Waals surface area contributed by atoms with Gasteiger partial charge >= 0.3 is 0 Å². The van der Waals surface area contributed by atoms with Gasteiger partial charge in [0.1, 0.15) is 5.82 Å². The first-order valence-corrected chi connectivity index (χ1v) is 7.66. The molecule has 0 spiro atoms. The zero-order chi connectivity index (χ0) is 14.9. The standard InChI is InChI=1S/C16H24ClFN2/c1-5-11-9-19-14(16(2,3)4)10-20(11)15-12(17)7-6-8-13(15)18/h6-8,11,14,19H,5,9-10H2,1-4H3. The number of nitrogens with one attached hydrogen (secondary N) is 1. The van der Waals surface area contributed by atoms with E-state index >= 15 is 0 Å². The molecule has 0 bridgehead atoms. The summed E-state index contributed by atoms with van der Waals surface area (Å²) in [7, 11) is 0.